The van der Waals surface area contributed by atoms with Crippen LogP contribution in [0.4, 0.5) is 0 Å². The topological polar surface area (TPSA) is 73.0 Å². The number of piperidine rings is 1. The SMILES string of the molecule is Cn1nc(C2CCCN(C(=O)c3ccncc3)C2)n(Cc2ccccc2)c1=O. The van der Waals surface area contributed by atoms with Crippen molar-refractivity contribution in [2.75, 3.05) is 13.1 Å². The van der Waals surface area contributed by atoms with E-state index < -0.39 is 0 Å². The molecule has 0 N–H and O–H groups in total. The largest absolute Gasteiger partial charge is 0.345 e. The number of hydrogen-bond donors (Lipinski definition) is 0. The molecule has 0 radical (unpaired) electrons. The Labute approximate surface area is 163 Å². The molecule has 0 bridgehead atoms. The summed E-state index contributed by atoms with van der Waals surface area (Å²) in [6.45, 7) is 1.76. The summed E-state index contributed by atoms with van der Waals surface area (Å²) in [5.74, 6) is 0.792. The van der Waals surface area contributed by atoms with Crippen molar-refractivity contribution in [1.29, 1.82) is 0 Å². The van der Waals surface area contributed by atoms with E-state index in [9.17, 15) is 9.59 Å². The van der Waals surface area contributed by atoms with Gasteiger partial charge in [0, 0.05) is 44.0 Å². The molecule has 144 valence electrons. The van der Waals surface area contributed by atoms with E-state index in [1.165, 1.54) is 4.68 Å². The van der Waals surface area contributed by atoms with Crippen molar-refractivity contribution < 1.29 is 4.79 Å². The van der Waals surface area contributed by atoms with Crippen LogP contribution in [0.5, 0.6) is 0 Å². The van der Waals surface area contributed by atoms with Crippen LogP contribution in [0.1, 0.15) is 40.5 Å². The predicted octanol–water partition coefficient (Wildman–Crippen LogP) is 2.04. The third kappa shape index (κ3) is 3.60. The number of benzene rings is 1. The first-order valence-electron chi connectivity index (χ1n) is 9.50. The van der Waals surface area contributed by atoms with E-state index in [1.54, 1.807) is 36.1 Å². The van der Waals surface area contributed by atoms with E-state index in [2.05, 4.69) is 10.1 Å². The summed E-state index contributed by atoms with van der Waals surface area (Å²) in [6.07, 6.45) is 5.05. The van der Waals surface area contributed by atoms with Crippen LogP contribution in [0, 0.1) is 0 Å². The molecular formula is C21H23N5O2. The van der Waals surface area contributed by atoms with Crippen molar-refractivity contribution in [1.82, 2.24) is 24.2 Å². The molecule has 28 heavy (non-hydrogen) atoms. The number of aromatic nitrogens is 4. The summed E-state index contributed by atoms with van der Waals surface area (Å²) in [5.41, 5.74) is 1.56. The quantitative estimate of drug-likeness (QED) is 0.698. The summed E-state index contributed by atoms with van der Waals surface area (Å²) in [4.78, 5) is 31.3. The summed E-state index contributed by atoms with van der Waals surface area (Å²) in [7, 11) is 1.68. The van der Waals surface area contributed by atoms with Crippen LogP contribution in [0.25, 0.3) is 0 Å². The van der Waals surface area contributed by atoms with Gasteiger partial charge in [-0.1, -0.05) is 30.3 Å². The number of nitrogens with zero attached hydrogens (tertiary/aromatic N) is 5. The molecule has 1 unspecified atom stereocenters. The lowest BCUT2D eigenvalue weighted by molar-refractivity contribution is 0.0703. The molecule has 1 aliphatic rings. The van der Waals surface area contributed by atoms with Crippen LogP contribution in [0.2, 0.25) is 0 Å². The first-order valence-corrected chi connectivity index (χ1v) is 9.50. The van der Waals surface area contributed by atoms with Crippen molar-refractivity contribution in [3.8, 4) is 0 Å². The molecule has 0 spiro atoms. The van der Waals surface area contributed by atoms with Crippen LogP contribution in [0.3, 0.4) is 0 Å². The van der Waals surface area contributed by atoms with Gasteiger partial charge in [-0.2, -0.15) is 5.10 Å². The van der Waals surface area contributed by atoms with Crippen LogP contribution >= 0.6 is 0 Å². The first-order chi connectivity index (χ1) is 13.6. The molecule has 1 aliphatic heterocycles. The number of hydrogen-bond acceptors (Lipinski definition) is 4. The van der Waals surface area contributed by atoms with Gasteiger partial charge in [-0.25, -0.2) is 9.48 Å². The van der Waals surface area contributed by atoms with E-state index >= 15 is 0 Å². The van der Waals surface area contributed by atoms with Crippen LogP contribution < -0.4 is 5.69 Å². The van der Waals surface area contributed by atoms with Gasteiger partial charge in [-0.05, 0) is 30.5 Å². The second-order valence-electron chi connectivity index (χ2n) is 7.16. The zero-order chi connectivity index (χ0) is 19.5. The van der Waals surface area contributed by atoms with Gasteiger partial charge >= 0.3 is 5.69 Å². The van der Waals surface area contributed by atoms with Gasteiger partial charge in [0.05, 0.1) is 6.54 Å². The Bertz CT molecular complexity index is 1010. The lowest BCUT2D eigenvalue weighted by Gasteiger charge is -2.32. The highest BCUT2D eigenvalue weighted by Crippen LogP contribution is 2.26. The molecule has 4 rings (SSSR count). The van der Waals surface area contributed by atoms with Gasteiger partial charge in [0.25, 0.3) is 5.91 Å². The minimum atomic E-state index is -0.128. The lowest BCUT2D eigenvalue weighted by atomic mass is 9.96. The molecule has 3 heterocycles. The summed E-state index contributed by atoms with van der Waals surface area (Å²) in [5, 5.41) is 4.52. The monoisotopic (exact) mass is 377 g/mol. The molecule has 1 atom stereocenters. The Morgan fingerprint density at radius 1 is 1.14 bits per heavy atom. The second kappa shape index (κ2) is 7.80. The Morgan fingerprint density at radius 3 is 2.64 bits per heavy atom. The molecule has 0 saturated carbocycles. The Morgan fingerprint density at radius 2 is 1.89 bits per heavy atom. The van der Waals surface area contributed by atoms with Gasteiger partial charge in [0.15, 0.2) is 0 Å². The third-order valence-electron chi connectivity index (χ3n) is 5.22. The second-order valence-corrected chi connectivity index (χ2v) is 7.16. The van der Waals surface area contributed by atoms with Crippen LogP contribution in [0.15, 0.2) is 59.7 Å². The number of likely N-dealkylation sites (tertiary alicyclic amines) is 1. The molecule has 7 nitrogen and oxygen atoms in total. The fourth-order valence-corrected chi connectivity index (χ4v) is 3.79. The van der Waals surface area contributed by atoms with E-state index in [4.69, 9.17) is 0 Å². The number of carbonyl (C=O) groups excluding carboxylic acids is 1. The molecule has 1 amide bonds. The predicted molar refractivity (Wildman–Crippen MR) is 105 cm³/mol. The lowest BCUT2D eigenvalue weighted by Crippen LogP contribution is -2.40. The summed E-state index contributed by atoms with van der Waals surface area (Å²) < 4.78 is 3.13. The highest BCUT2D eigenvalue weighted by Gasteiger charge is 2.29. The van der Waals surface area contributed by atoms with E-state index in [1.807, 2.05) is 35.2 Å². The van der Waals surface area contributed by atoms with Gasteiger partial charge in [-0.15, -0.1) is 0 Å². The summed E-state index contributed by atoms with van der Waals surface area (Å²) in [6, 6.07) is 13.4. The standard InChI is InChI=1S/C21H23N5O2/c1-24-21(28)26(14-16-6-3-2-4-7-16)19(23-24)18-8-5-13-25(15-18)20(27)17-9-11-22-12-10-17/h2-4,6-7,9-12,18H,5,8,13-15H2,1H3. The van der Waals surface area contributed by atoms with Gasteiger partial charge < -0.3 is 4.90 Å². The zero-order valence-electron chi connectivity index (χ0n) is 15.9. The molecule has 1 fully saturated rings. The maximum atomic E-state index is 12.8. The molecule has 3 aromatic rings. The zero-order valence-corrected chi connectivity index (χ0v) is 15.9. The number of carbonyl (C=O) groups is 1. The Kier molecular flexibility index (Phi) is 5.06. The Hall–Kier alpha value is -3.22. The maximum Gasteiger partial charge on any atom is 0.345 e. The number of rotatable bonds is 4. The number of amides is 1. The fraction of sp³-hybridized carbons (Fsp3) is 0.333. The number of aryl methyl sites for hydroxylation is 1. The van der Waals surface area contributed by atoms with Crippen LogP contribution in [-0.4, -0.2) is 43.2 Å². The van der Waals surface area contributed by atoms with Crippen molar-refractivity contribution in [2.45, 2.75) is 25.3 Å². The minimum absolute atomic E-state index is 0.0000116. The Balaban J connectivity index is 1.59. The molecule has 2 aromatic heterocycles. The highest BCUT2D eigenvalue weighted by atomic mass is 16.2. The summed E-state index contributed by atoms with van der Waals surface area (Å²) >= 11 is 0. The average molecular weight is 377 g/mol. The van der Waals surface area contributed by atoms with Crippen LogP contribution in [-0.2, 0) is 13.6 Å². The molecule has 0 aliphatic carbocycles. The van der Waals surface area contributed by atoms with Crippen molar-refractivity contribution in [3.05, 3.63) is 82.3 Å². The molecule has 1 saturated heterocycles. The normalized spacial score (nSPS) is 16.9. The van der Waals surface area contributed by atoms with Gasteiger partial charge in [0.2, 0.25) is 0 Å². The van der Waals surface area contributed by atoms with Crippen molar-refractivity contribution in [2.24, 2.45) is 7.05 Å². The smallest absolute Gasteiger partial charge is 0.338 e. The average Bonchev–Trinajstić information content (AvgIpc) is 3.03. The minimum Gasteiger partial charge on any atom is -0.338 e. The molecule has 1 aromatic carbocycles. The van der Waals surface area contributed by atoms with E-state index in [0.717, 1.165) is 24.2 Å². The highest BCUT2D eigenvalue weighted by molar-refractivity contribution is 5.94. The maximum absolute atomic E-state index is 12.8. The van der Waals surface area contributed by atoms with Gasteiger partial charge in [-0.3, -0.25) is 14.3 Å². The van der Waals surface area contributed by atoms with Crippen molar-refractivity contribution >= 4 is 5.91 Å². The first kappa shape index (κ1) is 18.2. The van der Waals surface area contributed by atoms with E-state index in [-0.39, 0.29) is 17.5 Å². The molecular weight excluding hydrogens is 354 g/mol. The van der Waals surface area contributed by atoms with Crippen molar-refractivity contribution in [3.63, 3.8) is 0 Å². The molecule has 7 heteroatoms. The third-order valence-corrected chi connectivity index (χ3v) is 5.22. The van der Waals surface area contributed by atoms with E-state index in [0.29, 0.717) is 25.2 Å². The fourth-order valence-electron chi connectivity index (χ4n) is 3.79. The number of pyridine rings is 1. The van der Waals surface area contributed by atoms with Gasteiger partial charge in [0.1, 0.15) is 5.82 Å².